The Morgan fingerprint density at radius 3 is 2.67 bits per heavy atom. The van der Waals surface area contributed by atoms with Crippen molar-refractivity contribution in [1.29, 1.82) is 0 Å². The Bertz CT molecular complexity index is 735. The molecule has 0 amide bonds. The summed E-state index contributed by atoms with van der Waals surface area (Å²) in [6, 6.07) is 15.8. The van der Waals surface area contributed by atoms with Crippen LogP contribution in [0.1, 0.15) is 5.56 Å². The molecule has 0 fully saturated rings. The molecule has 0 aliphatic heterocycles. The standard InChI is InChI=1S/C17H17N3O/c1-21-17-8-7-16(18)9-14(17)11-20-12-15(10-19-20)13-5-3-2-4-6-13/h2-10,12H,11,18H2,1H3. The van der Waals surface area contributed by atoms with Crippen LogP contribution in [0.2, 0.25) is 0 Å². The number of hydrogen-bond acceptors (Lipinski definition) is 3. The molecule has 0 atom stereocenters. The van der Waals surface area contributed by atoms with Crippen LogP contribution in [0.25, 0.3) is 11.1 Å². The summed E-state index contributed by atoms with van der Waals surface area (Å²) < 4.78 is 7.26. The lowest BCUT2D eigenvalue weighted by molar-refractivity contribution is 0.407. The fraction of sp³-hybridized carbons (Fsp3) is 0.118. The zero-order chi connectivity index (χ0) is 14.7. The fourth-order valence-electron chi connectivity index (χ4n) is 2.33. The van der Waals surface area contributed by atoms with Crippen LogP contribution >= 0.6 is 0 Å². The average molecular weight is 279 g/mol. The van der Waals surface area contributed by atoms with Crippen LogP contribution in [-0.4, -0.2) is 16.9 Å². The molecule has 2 aromatic carbocycles. The first-order valence-corrected chi connectivity index (χ1v) is 6.76. The van der Waals surface area contributed by atoms with Gasteiger partial charge in [-0.25, -0.2) is 0 Å². The van der Waals surface area contributed by atoms with Gasteiger partial charge in [0.1, 0.15) is 5.75 Å². The first-order chi connectivity index (χ1) is 10.3. The van der Waals surface area contributed by atoms with E-state index < -0.39 is 0 Å². The van der Waals surface area contributed by atoms with E-state index in [-0.39, 0.29) is 0 Å². The first-order valence-electron chi connectivity index (χ1n) is 6.76. The third kappa shape index (κ3) is 2.89. The number of nitrogens with zero attached hydrogens (tertiary/aromatic N) is 2. The molecule has 0 radical (unpaired) electrons. The molecule has 106 valence electrons. The highest BCUT2D eigenvalue weighted by atomic mass is 16.5. The van der Waals surface area contributed by atoms with Crippen LogP contribution in [0, 0.1) is 0 Å². The van der Waals surface area contributed by atoms with Crippen molar-refractivity contribution in [1.82, 2.24) is 9.78 Å². The monoisotopic (exact) mass is 279 g/mol. The first kappa shape index (κ1) is 13.2. The van der Waals surface area contributed by atoms with Crippen LogP contribution in [-0.2, 0) is 6.54 Å². The lowest BCUT2D eigenvalue weighted by Gasteiger charge is -2.09. The molecule has 0 aliphatic carbocycles. The molecule has 3 aromatic rings. The van der Waals surface area contributed by atoms with Crippen molar-refractivity contribution in [3.8, 4) is 16.9 Å². The van der Waals surface area contributed by atoms with Gasteiger partial charge in [0.25, 0.3) is 0 Å². The Morgan fingerprint density at radius 2 is 1.90 bits per heavy atom. The lowest BCUT2D eigenvalue weighted by atomic mass is 10.1. The SMILES string of the molecule is COc1ccc(N)cc1Cn1cc(-c2ccccc2)cn1. The predicted octanol–water partition coefficient (Wildman–Crippen LogP) is 3.19. The summed E-state index contributed by atoms with van der Waals surface area (Å²) in [5.74, 6) is 0.820. The van der Waals surface area contributed by atoms with Gasteiger partial charge in [-0.15, -0.1) is 0 Å². The Labute approximate surface area is 123 Å². The van der Waals surface area contributed by atoms with E-state index in [4.69, 9.17) is 10.5 Å². The molecular weight excluding hydrogens is 262 g/mol. The van der Waals surface area contributed by atoms with Crippen LogP contribution in [0.4, 0.5) is 5.69 Å². The summed E-state index contributed by atoms with van der Waals surface area (Å²) in [7, 11) is 1.66. The van der Waals surface area contributed by atoms with E-state index >= 15 is 0 Å². The molecule has 2 N–H and O–H groups in total. The van der Waals surface area contributed by atoms with Crippen LogP contribution in [0.5, 0.6) is 5.75 Å². The summed E-state index contributed by atoms with van der Waals surface area (Å²) in [6.07, 6.45) is 3.89. The molecule has 0 bridgehead atoms. The van der Waals surface area contributed by atoms with Gasteiger partial charge in [0.15, 0.2) is 0 Å². The molecule has 1 heterocycles. The van der Waals surface area contributed by atoms with Crippen molar-refractivity contribution in [2.24, 2.45) is 0 Å². The summed E-state index contributed by atoms with van der Waals surface area (Å²) in [4.78, 5) is 0. The number of benzene rings is 2. The zero-order valence-electron chi connectivity index (χ0n) is 11.9. The van der Waals surface area contributed by atoms with E-state index in [2.05, 4.69) is 17.2 Å². The Morgan fingerprint density at radius 1 is 1.10 bits per heavy atom. The molecule has 0 saturated carbocycles. The van der Waals surface area contributed by atoms with Crippen molar-refractivity contribution in [2.45, 2.75) is 6.54 Å². The number of hydrogen-bond donors (Lipinski definition) is 1. The Kier molecular flexibility index (Phi) is 3.60. The molecular formula is C17H17N3O. The van der Waals surface area contributed by atoms with Crippen LogP contribution in [0.3, 0.4) is 0 Å². The normalized spacial score (nSPS) is 10.5. The highest BCUT2D eigenvalue weighted by molar-refractivity contribution is 5.61. The highest BCUT2D eigenvalue weighted by Gasteiger charge is 2.06. The summed E-state index contributed by atoms with van der Waals surface area (Å²) in [5.41, 5.74) is 9.84. The van der Waals surface area contributed by atoms with Crippen molar-refractivity contribution in [3.05, 3.63) is 66.5 Å². The molecule has 21 heavy (non-hydrogen) atoms. The van der Waals surface area contributed by atoms with Crippen molar-refractivity contribution in [2.75, 3.05) is 12.8 Å². The molecule has 0 saturated heterocycles. The largest absolute Gasteiger partial charge is 0.496 e. The minimum absolute atomic E-state index is 0.626. The third-order valence-corrected chi connectivity index (χ3v) is 3.38. The van der Waals surface area contributed by atoms with E-state index in [1.165, 1.54) is 0 Å². The van der Waals surface area contributed by atoms with E-state index in [1.54, 1.807) is 7.11 Å². The van der Waals surface area contributed by atoms with Gasteiger partial charge in [-0.1, -0.05) is 30.3 Å². The number of ether oxygens (including phenoxy) is 1. The smallest absolute Gasteiger partial charge is 0.124 e. The number of methoxy groups -OCH3 is 1. The predicted molar refractivity (Wildman–Crippen MR) is 84.2 cm³/mol. The van der Waals surface area contributed by atoms with Gasteiger partial charge >= 0.3 is 0 Å². The second-order valence-electron chi connectivity index (χ2n) is 4.86. The molecule has 4 heteroatoms. The van der Waals surface area contributed by atoms with Crippen molar-refractivity contribution < 1.29 is 4.74 Å². The van der Waals surface area contributed by atoms with E-state index in [0.717, 1.165) is 28.1 Å². The van der Waals surface area contributed by atoms with Gasteiger partial charge in [0.2, 0.25) is 0 Å². The van der Waals surface area contributed by atoms with Gasteiger partial charge in [-0.2, -0.15) is 5.10 Å². The number of rotatable bonds is 4. The van der Waals surface area contributed by atoms with E-state index in [0.29, 0.717) is 6.54 Å². The minimum Gasteiger partial charge on any atom is -0.496 e. The third-order valence-electron chi connectivity index (χ3n) is 3.38. The van der Waals surface area contributed by atoms with Crippen LogP contribution < -0.4 is 10.5 Å². The second-order valence-corrected chi connectivity index (χ2v) is 4.86. The lowest BCUT2D eigenvalue weighted by Crippen LogP contribution is -2.03. The summed E-state index contributed by atoms with van der Waals surface area (Å²) >= 11 is 0. The molecule has 0 unspecified atom stereocenters. The van der Waals surface area contributed by atoms with Gasteiger partial charge < -0.3 is 10.5 Å². The van der Waals surface area contributed by atoms with Crippen molar-refractivity contribution >= 4 is 5.69 Å². The molecule has 1 aromatic heterocycles. The molecule has 4 nitrogen and oxygen atoms in total. The van der Waals surface area contributed by atoms with Crippen molar-refractivity contribution in [3.63, 3.8) is 0 Å². The van der Waals surface area contributed by atoms with E-state index in [9.17, 15) is 0 Å². The maximum absolute atomic E-state index is 5.85. The van der Waals surface area contributed by atoms with Gasteiger partial charge in [0.05, 0.1) is 19.9 Å². The number of nitrogen functional groups attached to an aromatic ring is 1. The van der Waals surface area contributed by atoms with E-state index in [1.807, 2.05) is 53.5 Å². The summed E-state index contributed by atoms with van der Waals surface area (Å²) in [5, 5.41) is 4.41. The fourth-order valence-corrected chi connectivity index (χ4v) is 2.33. The molecule has 0 aliphatic rings. The molecule has 0 spiro atoms. The Hall–Kier alpha value is -2.75. The maximum Gasteiger partial charge on any atom is 0.124 e. The average Bonchev–Trinajstić information content (AvgIpc) is 2.97. The maximum atomic E-state index is 5.85. The number of anilines is 1. The number of aromatic nitrogens is 2. The highest BCUT2D eigenvalue weighted by Crippen LogP contribution is 2.23. The van der Waals surface area contributed by atoms with Gasteiger partial charge in [-0.05, 0) is 23.8 Å². The minimum atomic E-state index is 0.626. The Balaban J connectivity index is 1.87. The topological polar surface area (TPSA) is 53.1 Å². The van der Waals surface area contributed by atoms with Gasteiger partial charge in [0, 0.05) is 23.0 Å². The second kappa shape index (κ2) is 5.71. The number of nitrogens with two attached hydrogens (primary N) is 1. The quantitative estimate of drug-likeness (QED) is 0.746. The molecule has 3 rings (SSSR count). The van der Waals surface area contributed by atoms with Crippen LogP contribution in [0.15, 0.2) is 60.9 Å². The zero-order valence-corrected chi connectivity index (χ0v) is 11.9. The summed E-state index contributed by atoms with van der Waals surface area (Å²) in [6.45, 7) is 0.626. The van der Waals surface area contributed by atoms with Gasteiger partial charge in [-0.3, -0.25) is 4.68 Å².